The van der Waals surface area contributed by atoms with Gasteiger partial charge in [0.2, 0.25) is 11.7 Å². The second-order valence-corrected chi connectivity index (χ2v) is 8.08. The molecule has 0 spiro atoms. The smallest absolute Gasteiger partial charge is 0.231 e. The molecule has 0 unspecified atom stereocenters. The van der Waals surface area contributed by atoms with E-state index in [9.17, 15) is 0 Å². The van der Waals surface area contributed by atoms with Gasteiger partial charge in [-0.2, -0.15) is 4.98 Å². The highest BCUT2D eigenvalue weighted by Gasteiger charge is 2.13. The van der Waals surface area contributed by atoms with Crippen LogP contribution in [0.4, 0.5) is 0 Å². The summed E-state index contributed by atoms with van der Waals surface area (Å²) in [6.45, 7) is 4.47. The predicted octanol–water partition coefficient (Wildman–Crippen LogP) is 4.17. The topological polar surface area (TPSA) is 69.2 Å². The van der Waals surface area contributed by atoms with Crippen LogP contribution < -0.4 is 4.74 Å². The van der Waals surface area contributed by atoms with Crippen molar-refractivity contribution in [2.75, 3.05) is 26.7 Å². The zero-order valence-electron chi connectivity index (χ0n) is 17.8. The second-order valence-electron chi connectivity index (χ2n) is 8.08. The highest BCUT2D eigenvalue weighted by Crippen LogP contribution is 2.23. The summed E-state index contributed by atoms with van der Waals surface area (Å²) in [5, 5.41) is 4.18. The molecule has 0 radical (unpaired) electrons. The minimum absolute atomic E-state index is 0.567. The largest absolute Gasteiger partial charge is 0.497 e. The third-order valence-electron chi connectivity index (χ3n) is 5.94. The lowest BCUT2D eigenvalue weighted by Crippen LogP contribution is -2.32. The first kappa shape index (κ1) is 19.8. The number of hydrogen-bond donors (Lipinski definition) is 0. The van der Waals surface area contributed by atoms with E-state index in [0.29, 0.717) is 18.1 Å². The van der Waals surface area contributed by atoms with Crippen molar-refractivity contribution in [1.82, 2.24) is 24.6 Å². The Hall–Kier alpha value is -3.19. The minimum Gasteiger partial charge on any atom is -0.497 e. The number of piperidine rings is 1. The van der Waals surface area contributed by atoms with Crippen molar-refractivity contribution >= 4 is 11.0 Å². The lowest BCUT2D eigenvalue weighted by molar-refractivity contribution is 0.221. The van der Waals surface area contributed by atoms with Crippen LogP contribution in [0.5, 0.6) is 5.75 Å². The first-order valence-corrected chi connectivity index (χ1v) is 10.9. The van der Waals surface area contributed by atoms with Crippen molar-refractivity contribution in [1.29, 1.82) is 0 Å². The van der Waals surface area contributed by atoms with E-state index in [1.54, 1.807) is 7.11 Å². The number of methoxy groups -OCH3 is 1. The van der Waals surface area contributed by atoms with E-state index < -0.39 is 0 Å². The Balaban J connectivity index is 1.29. The van der Waals surface area contributed by atoms with Gasteiger partial charge in [0, 0.05) is 18.7 Å². The fourth-order valence-corrected chi connectivity index (χ4v) is 4.21. The molecule has 0 N–H and O–H groups in total. The number of ether oxygens (including phenoxy) is 1. The quantitative estimate of drug-likeness (QED) is 0.449. The standard InChI is InChI=1S/C24H27N5O2/c1-30-20-7-5-6-18(14-20)15-23-26-24(27-31-23)19-8-9-22-21(16-19)25-17-29(22)13-12-28-10-3-2-4-11-28/h5-9,14,16-17H,2-4,10-13,15H2,1H3. The van der Waals surface area contributed by atoms with Gasteiger partial charge < -0.3 is 18.7 Å². The molecule has 31 heavy (non-hydrogen) atoms. The van der Waals surface area contributed by atoms with Crippen molar-refractivity contribution in [3.05, 3.63) is 60.2 Å². The van der Waals surface area contributed by atoms with Gasteiger partial charge >= 0.3 is 0 Å². The number of likely N-dealkylation sites (tertiary alicyclic amines) is 1. The van der Waals surface area contributed by atoms with E-state index in [-0.39, 0.29) is 0 Å². The third kappa shape index (κ3) is 4.46. The van der Waals surface area contributed by atoms with Gasteiger partial charge in [0.15, 0.2) is 0 Å². The highest BCUT2D eigenvalue weighted by atomic mass is 16.5. The molecule has 0 amide bonds. The number of benzene rings is 2. The van der Waals surface area contributed by atoms with Gasteiger partial charge in [-0.1, -0.05) is 23.7 Å². The monoisotopic (exact) mass is 417 g/mol. The normalized spacial score (nSPS) is 14.9. The maximum absolute atomic E-state index is 5.49. The Labute approximate surface area is 181 Å². The zero-order chi connectivity index (χ0) is 21.0. The molecule has 3 heterocycles. The first-order valence-electron chi connectivity index (χ1n) is 10.9. The Kier molecular flexibility index (Phi) is 5.67. The van der Waals surface area contributed by atoms with Crippen LogP contribution >= 0.6 is 0 Å². The molecule has 4 aromatic rings. The van der Waals surface area contributed by atoms with Crippen molar-refractivity contribution in [3.63, 3.8) is 0 Å². The van der Waals surface area contributed by atoms with Gasteiger partial charge in [0.25, 0.3) is 0 Å². The molecule has 1 aliphatic rings. The predicted molar refractivity (Wildman–Crippen MR) is 119 cm³/mol. The molecule has 2 aromatic carbocycles. The molecule has 0 bridgehead atoms. The fourth-order valence-electron chi connectivity index (χ4n) is 4.21. The van der Waals surface area contributed by atoms with Gasteiger partial charge in [-0.25, -0.2) is 4.98 Å². The molecular formula is C24H27N5O2. The number of hydrogen-bond acceptors (Lipinski definition) is 6. The maximum atomic E-state index is 5.49. The first-order chi connectivity index (χ1) is 15.3. The Morgan fingerprint density at radius 2 is 1.94 bits per heavy atom. The van der Waals surface area contributed by atoms with E-state index >= 15 is 0 Å². The molecule has 160 valence electrons. The van der Waals surface area contributed by atoms with Crippen LogP contribution in [-0.2, 0) is 13.0 Å². The molecule has 0 aliphatic carbocycles. The van der Waals surface area contributed by atoms with E-state index in [4.69, 9.17) is 9.26 Å². The number of aromatic nitrogens is 4. The summed E-state index contributed by atoms with van der Waals surface area (Å²) in [6, 6.07) is 14.1. The van der Waals surface area contributed by atoms with Crippen molar-refractivity contribution in [2.45, 2.75) is 32.2 Å². The van der Waals surface area contributed by atoms with Crippen molar-refractivity contribution in [2.24, 2.45) is 0 Å². The summed E-state index contributed by atoms with van der Waals surface area (Å²) >= 11 is 0. The lowest BCUT2D eigenvalue weighted by Gasteiger charge is -2.26. The third-order valence-corrected chi connectivity index (χ3v) is 5.94. The number of nitrogens with zero attached hydrogens (tertiary/aromatic N) is 5. The molecule has 0 saturated carbocycles. The Morgan fingerprint density at radius 3 is 2.81 bits per heavy atom. The molecule has 0 atom stereocenters. The fraction of sp³-hybridized carbons (Fsp3) is 0.375. The SMILES string of the molecule is COc1cccc(Cc2nc(-c3ccc4c(c3)ncn4CCN3CCCCC3)no2)c1. The van der Waals surface area contributed by atoms with Crippen LogP contribution in [-0.4, -0.2) is 51.3 Å². The average Bonchev–Trinajstić information content (AvgIpc) is 3.45. The minimum atomic E-state index is 0.567. The van der Waals surface area contributed by atoms with E-state index in [0.717, 1.165) is 41.0 Å². The van der Waals surface area contributed by atoms with Crippen LogP contribution in [0.2, 0.25) is 0 Å². The summed E-state index contributed by atoms with van der Waals surface area (Å²) < 4.78 is 13.0. The number of fused-ring (bicyclic) bond motifs is 1. The molecular weight excluding hydrogens is 390 g/mol. The summed E-state index contributed by atoms with van der Waals surface area (Å²) in [6.07, 6.45) is 6.50. The molecule has 7 nitrogen and oxygen atoms in total. The van der Waals surface area contributed by atoms with E-state index in [2.05, 4.69) is 30.7 Å². The van der Waals surface area contributed by atoms with Crippen LogP contribution in [0, 0.1) is 0 Å². The second kappa shape index (κ2) is 8.89. The van der Waals surface area contributed by atoms with Crippen LogP contribution in [0.25, 0.3) is 22.4 Å². The maximum Gasteiger partial charge on any atom is 0.231 e. The summed E-state index contributed by atoms with van der Waals surface area (Å²) in [4.78, 5) is 11.7. The summed E-state index contributed by atoms with van der Waals surface area (Å²) in [5.74, 6) is 1.98. The summed E-state index contributed by atoms with van der Waals surface area (Å²) in [5.41, 5.74) is 4.07. The van der Waals surface area contributed by atoms with Crippen LogP contribution in [0.3, 0.4) is 0 Å². The molecule has 1 aliphatic heterocycles. The zero-order valence-corrected chi connectivity index (χ0v) is 17.8. The van der Waals surface area contributed by atoms with Gasteiger partial charge in [0.1, 0.15) is 5.75 Å². The molecule has 5 rings (SSSR count). The highest BCUT2D eigenvalue weighted by molar-refractivity contribution is 5.80. The van der Waals surface area contributed by atoms with Gasteiger partial charge in [-0.15, -0.1) is 0 Å². The molecule has 7 heteroatoms. The summed E-state index contributed by atoms with van der Waals surface area (Å²) in [7, 11) is 1.66. The van der Waals surface area contributed by atoms with Crippen molar-refractivity contribution < 1.29 is 9.26 Å². The van der Waals surface area contributed by atoms with E-state index in [1.807, 2.05) is 42.7 Å². The molecule has 1 fully saturated rings. The molecule has 1 saturated heterocycles. The number of rotatable bonds is 7. The van der Waals surface area contributed by atoms with Gasteiger partial charge in [-0.05, 0) is 61.8 Å². The Morgan fingerprint density at radius 1 is 1.03 bits per heavy atom. The lowest BCUT2D eigenvalue weighted by atomic mass is 10.1. The van der Waals surface area contributed by atoms with Crippen molar-refractivity contribution in [3.8, 4) is 17.1 Å². The van der Waals surface area contributed by atoms with Gasteiger partial charge in [0.05, 0.1) is 30.9 Å². The van der Waals surface area contributed by atoms with Crippen LogP contribution in [0.15, 0.2) is 53.3 Å². The van der Waals surface area contributed by atoms with Gasteiger partial charge in [-0.3, -0.25) is 0 Å². The van der Waals surface area contributed by atoms with Crippen LogP contribution in [0.1, 0.15) is 30.7 Å². The van der Waals surface area contributed by atoms with E-state index in [1.165, 1.54) is 32.4 Å². The Bertz CT molecular complexity index is 1160. The molecule has 2 aromatic heterocycles. The number of imidazole rings is 1. The average molecular weight is 418 g/mol.